The van der Waals surface area contributed by atoms with Crippen LogP contribution < -0.4 is 0 Å². The van der Waals surface area contributed by atoms with E-state index in [-0.39, 0.29) is 5.91 Å². The summed E-state index contributed by atoms with van der Waals surface area (Å²) in [5.74, 6) is 7.25. The van der Waals surface area contributed by atoms with Gasteiger partial charge >= 0.3 is 0 Å². The topological polar surface area (TPSA) is 37.6 Å². The minimum atomic E-state index is 0.111. The van der Waals surface area contributed by atoms with E-state index < -0.39 is 0 Å². The van der Waals surface area contributed by atoms with Gasteiger partial charge in [-0.25, -0.2) is 4.98 Å². The molecule has 4 heteroatoms. The van der Waals surface area contributed by atoms with E-state index in [0.29, 0.717) is 5.92 Å². The molecule has 0 unspecified atom stereocenters. The van der Waals surface area contributed by atoms with Gasteiger partial charge < -0.3 is 4.90 Å². The lowest BCUT2D eigenvalue weighted by Crippen LogP contribution is -2.37. The molecule has 0 atom stereocenters. The number of benzene rings is 1. The summed E-state index contributed by atoms with van der Waals surface area (Å²) >= 11 is 0. The second-order valence-electron chi connectivity index (χ2n) is 7.33. The first kappa shape index (κ1) is 17.4. The summed E-state index contributed by atoms with van der Waals surface area (Å²) in [6, 6.07) is 11.7. The fourth-order valence-corrected chi connectivity index (χ4v) is 3.44. The molecule has 1 amide bonds. The van der Waals surface area contributed by atoms with E-state index in [1.807, 2.05) is 58.8 Å². The Kier molecular flexibility index (Phi) is 4.68. The number of carbonyl (C=O) groups excluding carboxylic acids is 1. The number of likely N-dealkylation sites (tertiary alicyclic amines) is 1. The molecule has 1 aliphatic rings. The van der Waals surface area contributed by atoms with Crippen LogP contribution in [0.15, 0.2) is 48.8 Å². The monoisotopic (exact) mass is 357 g/mol. The summed E-state index contributed by atoms with van der Waals surface area (Å²) in [7, 11) is 0. The molecule has 1 fully saturated rings. The van der Waals surface area contributed by atoms with Gasteiger partial charge in [0.15, 0.2) is 0 Å². The number of piperidine rings is 1. The zero-order valence-corrected chi connectivity index (χ0v) is 15.8. The van der Waals surface area contributed by atoms with Gasteiger partial charge in [0.25, 0.3) is 5.91 Å². The summed E-state index contributed by atoms with van der Waals surface area (Å²) in [5, 5.41) is 0. The van der Waals surface area contributed by atoms with Crippen LogP contribution in [0.25, 0.3) is 5.65 Å². The standard InChI is InChI=1S/C23H23N3O/c1-17-10-13-25(14-11-17)23(27)20-7-6-18(2)19(15-20)8-9-21-16-24-22-5-3-4-12-26(21)22/h3-7,12,15-17H,10-11,13-14H2,1-2H3. The summed E-state index contributed by atoms with van der Waals surface area (Å²) in [6.45, 7) is 5.96. The Morgan fingerprint density at radius 2 is 1.96 bits per heavy atom. The van der Waals surface area contributed by atoms with Crippen molar-refractivity contribution >= 4 is 11.6 Å². The Hall–Kier alpha value is -3.06. The Bertz CT molecular complexity index is 1050. The third-order valence-electron chi connectivity index (χ3n) is 5.30. The van der Waals surface area contributed by atoms with Crippen molar-refractivity contribution in [1.82, 2.24) is 14.3 Å². The fourth-order valence-electron chi connectivity index (χ4n) is 3.44. The lowest BCUT2D eigenvalue weighted by Gasteiger charge is -2.30. The fraction of sp³-hybridized carbons (Fsp3) is 0.304. The molecule has 1 aromatic carbocycles. The summed E-state index contributed by atoms with van der Waals surface area (Å²) in [5.41, 5.74) is 4.39. The van der Waals surface area contributed by atoms with Crippen LogP contribution in [0.3, 0.4) is 0 Å². The molecule has 27 heavy (non-hydrogen) atoms. The van der Waals surface area contributed by atoms with Gasteiger partial charge in [0.05, 0.1) is 6.20 Å². The lowest BCUT2D eigenvalue weighted by molar-refractivity contribution is 0.0697. The number of nitrogens with zero attached hydrogens (tertiary/aromatic N) is 3. The van der Waals surface area contributed by atoms with Gasteiger partial charge in [0.2, 0.25) is 0 Å². The molecule has 3 heterocycles. The third kappa shape index (κ3) is 3.59. The third-order valence-corrected chi connectivity index (χ3v) is 5.30. The van der Waals surface area contributed by atoms with Crippen LogP contribution in [0.2, 0.25) is 0 Å². The number of hydrogen-bond acceptors (Lipinski definition) is 2. The number of imidazole rings is 1. The van der Waals surface area contributed by atoms with Gasteiger partial charge in [-0.2, -0.15) is 0 Å². The van der Waals surface area contributed by atoms with E-state index in [2.05, 4.69) is 23.7 Å². The van der Waals surface area contributed by atoms with Crippen molar-refractivity contribution < 1.29 is 4.79 Å². The van der Waals surface area contributed by atoms with Crippen LogP contribution in [0.5, 0.6) is 0 Å². The minimum absolute atomic E-state index is 0.111. The van der Waals surface area contributed by atoms with Gasteiger partial charge in [0, 0.05) is 30.4 Å². The number of aryl methyl sites for hydroxylation is 1. The van der Waals surface area contributed by atoms with Crippen molar-refractivity contribution in [3.05, 3.63) is 71.2 Å². The highest BCUT2D eigenvalue weighted by Gasteiger charge is 2.21. The average Bonchev–Trinajstić information content (AvgIpc) is 3.11. The quantitative estimate of drug-likeness (QED) is 0.619. The molecule has 0 radical (unpaired) electrons. The first-order valence-electron chi connectivity index (χ1n) is 9.46. The van der Waals surface area contributed by atoms with Crippen molar-refractivity contribution in [1.29, 1.82) is 0 Å². The van der Waals surface area contributed by atoms with Crippen LogP contribution >= 0.6 is 0 Å². The number of fused-ring (bicyclic) bond motifs is 1. The molecule has 1 saturated heterocycles. The van der Waals surface area contributed by atoms with Crippen molar-refractivity contribution in [3.8, 4) is 11.8 Å². The Morgan fingerprint density at radius 3 is 2.78 bits per heavy atom. The molecule has 0 bridgehead atoms. The number of hydrogen-bond donors (Lipinski definition) is 0. The van der Waals surface area contributed by atoms with Crippen LogP contribution in [-0.4, -0.2) is 33.3 Å². The smallest absolute Gasteiger partial charge is 0.253 e. The number of rotatable bonds is 1. The molecule has 4 nitrogen and oxygen atoms in total. The predicted octanol–water partition coefficient (Wildman–Crippen LogP) is 3.91. The van der Waals surface area contributed by atoms with E-state index in [1.54, 1.807) is 6.20 Å². The molecular formula is C23H23N3O. The molecule has 0 N–H and O–H groups in total. The minimum Gasteiger partial charge on any atom is -0.339 e. The van der Waals surface area contributed by atoms with E-state index in [9.17, 15) is 4.79 Å². The van der Waals surface area contributed by atoms with E-state index in [4.69, 9.17) is 0 Å². The molecular weight excluding hydrogens is 334 g/mol. The van der Waals surface area contributed by atoms with E-state index >= 15 is 0 Å². The van der Waals surface area contributed by atoms with Gasteiger partial charge in [0.1, 0.15) is 11.3 Å². The highest BCUT2D eigenvalue weighted by molar-refractivity contribution is 5.94. The van der Waals surface area contributed by atoms with Crippen LogP contribution in [0.1, 0.15) is 46.9 Å². The molecule has 0 aliphatic carbocycles. The number of aromatic nitrogens is 2. The molecule has 1 aliphatic heterocycles. The molecule has 3 aromatic rings. The molecule has 4 rings (SSSR count). The van der Waals surface area contributed by atoms with Crippen molar-refractivity contribution in [2.75, 3.05) is 13.1 Å². The second kappa shape index (κ2) is 7.28. The maximum absolute atomic E-state index is 12.8. The van der Waals surface area contributed by atoms with Crippen LogP contribution in [0.4, 0.5) is 0 Å². The van der Waals surface area contributed by atoms with Gasteiger partial charge in [-0.1, -0.05) is 25.0 Å². The van der Waals surface area contributed by atoms with Gasteiger partial charge in [-0.15, -0.1) is 0 Å². The Balaban J connectivity index is 1.61. The highest BCUT2D eigenvalue weighted by atomic mass is 16.2. The number of amides is 1. The summed E-state index contributed by atoms with van der Waals surface area (Å²) < 4.78 is 1.96. The zero-order chi connectivity index (χ0) is 18.8. The Labute approximate surface area is 159 Å². The van der Waals surface area contributed by atoms with E-state index in [0.717, 1.165) is 54.0 Å². The molecule has 0 saturated carbocycles. The van der Waals surface area contributed by atoms with Gasteiger partial charge in [-0.05, 0) is 61.4 Å². The largest absolute Gasteiger partial charge is 0.339 e. The van der Waals surface area contributed by atoms with Crippen molar-refractivity contribution in [3.63, 3.8) is 0 Å². The van der Waals surface area contributed by atoms with Crippen LogP contribution in [0, 0.1) is 24.7 Å². The normalized spacial score (nSPS) is 14.8. The maximum Gasteiger partial charge on any atom is 0.253 e. The molecule has 2 aromatic heterocycles. The predicted molar refractivity (Wildman–Crippen MR) is 107 cm³/mol. The summed E-state index contributed by atoms with van der Waals surface area (Å²) in [6.07, 6.45) is 5.90. The highest BCUT2D eigenvalue weighted by Crippen LogP contribution is 2.19. The van der Waals surface area contributed by atoms with Crippen molar-refractivity contribution in [2.24, 2.45) is 5.92 Å². The number of carbonyl (C=O) groups is 1. The SMILES string of the molecule is Cc1ccc(C(=O)N2CCC(C)CC2)cc1C#Cc1cnc2ccccn12. The Morgan fingerprint density at radius 1 is 1.15 bits per heavy atom. The maximum atomic E-state index is 12.8. The number of pyridine rings is 1. The first-order valence-corrected chi connectivity index (χ1v) is 9.46. The molecule has 136 valence electrons. The van der Waals surface area contributed by atoms with Crippen LogP contribution in [-0.2, 0) is 0 Å². The summed E-state index contributed by atoms with van der Waals surface area (Å²) in [4.78, 5) is 19.2. The van der Waals surface area contributed by atoms with Crippen molar-refractivity contribution in [2.45, 2.75) is 26.7 Å². The first-order chi connectivity index (χ1) is 13.1. The van der Waals surface area contributed by atoms with Gasteiger partial charge in [-0.3, -0.25) is 9.20 Å². The van der Waals surface area contributed by atoms with E-state index in [1.165, 1.54) is 0 Å². The zero-order valence-electron chi connectivity index (χ0n) is 15.8. The lowest BCUT2D eigenvalue weighted by atomic mass is 9.98. The second-order valence-corrected chi connectivity index (χ2v) is 7.33. The average molecular weight is 357 g/mol. The molecule has 0 spiro atoms.